The van der Waals surface area contributed by atoms with E-state index in [9.17, 15) is 9.18 Å². The number of carbonyl (C=O) groups excluding carboxylic acids is 1. The van der Waals surface area contributed by atoms with Gasteiger partial charge in [0, 0.05) is 15.6 Å². The lowest BCUT2D eigenvalue weighted by atomic mass is 10.1. The standard InChI is InChI=1S/C11H7FN4OS/c12-6-1-2-7-5(3-4-18-7)8(6)9-10(11(13)17)15-16-14-9/h1-4H,(H2,13,17)(H,14,15,16). The van der Waals surface area contributed by atoms with Gasteiger partial charge in [-0.25, -0.2) is 4.39 Å². The number of hydrogen-bond donors (Lipinski definition) is 2. The van der Waals surface area contributed by atoms with Crippen molar-refractivity contribution < 1.29 is 9.18 Å². The number of nitrogens with zero attached hydrogens (tertiary/aromatic N) is 2. The third-order valence-electron chi connectivity index (χ3n) is 2.60. The molecule has 0 saturated carbocycles. The largest absolute Gasteiger partial charge is 0.364 e. The number of aromatic nitrogens is 3. The quantitative estimate of drug-likeness (QED) is 0.740. The fourth-order valence-electron chi connectivity index (χ4n) is 1.84. The Balaban J connectivity index is 2.37. The molecule has 3 N–H and O–H groups in total. The van der Waals surface area contributed by atoms with E-state index in [-0.39, 0.29) is 17.0 Å². The van der Waals surface area contributed by atoms with Crippen molar-refractivity contribution in [3.8, 4) is 11.3 Å². The van der Waals surface area contributed by atoms with Crippen LogP contribution in [0.15, 0.2) is 23.6 Å². The number of halogens is 1. The van der Waals surface area contributed by atoms with Gasteiger partial charge in [-0.2, -0.15) is 15.4 Å². The van der Waals surface area contributed by atoms with Crippen LogP contribution in [0.5, 0.6) is 0 Å². The third-order valence-corrected chi connectivity index (χ3v) is 3.48. The highest BCUT2D eigenvalue weighted by molar-refractivity contribution is 7.17. The summed E-state index contributed by atoms with van der Waals surface area (Å²) >= 11 is 1.48. The average Bonchev–Trinajstić information content (AvgIpc) is 2.95. The number of hydrogen-bond acceptors (Lipinski definition) is 4. The molecule has 0 saturated heterocycles. The van der Waals surface area contributed by atoms with Gasteiger partial charge in [-0.3, -0.25) is 4.79 Å². The molecule has 18 heavy (non-hydrogen) atoms. The monoisotopic (exact) mass is 262 g/mol. The van der Waals surface area contributed by atoms with Gasteiger partial charge in [-0.1, -0.05) is 0 Å². The Labute approximate surface area is 104 Å². The molecule has 0 aliphatic carbocycles. The van der Waals surface area contributed by atoms with Crippen LogP contribution in [0.4, 0.5) is 4.39 Å². The molecule has 1 amide bonds. The van der Waals surface area contributed by atoms with Crippen molar-refractivity contribution in [2.45, 2.75) is 0 Å². The van der Waals surface area contributed by atoms with Gasteiger partial charge in [0.15, 0.2) is 5.69 Å². The number of nitrogens with two attached hydrogens (primary N) is 1. The molecule has 2 heterocycles. The molecule has 3 aromatic rings. The van der Waals surface area contributed by atoms with Gasteiger partial charge >= 0.3 is 0 Å². The minimum atomic E-state index is -0.745. The lowest BCUT2D eigenvalue weighted by Crippen LogP contribution is -2.13. The van der Waals surface area contributed by atoms with E-state index in [1.807, 2.05) is 5.38 Å². The second-order valence-corrected chi connectivity index (χ2v) is 4.59. The van der Waals surface area contributed by atoms with Gasteiger partial charge in [0.25, 0.3) is 5.91 Å². The van der Waals surface area contributed by atoms with E-state index in [1.54, 1.807) is 12.1 Å². The number of amides is 1. The first-order chi connectivity index (χ1) is 8.68. The number of aromatic amines is 1. The third kappa shape index (κ3) is 1.48. The smallest absolute Gasteiger partial charge is 0.271 e. The Bertz CT molecular complexity index is 748. The van der Waals surface area contributed by atoms with Crippen molar-refractivity contribution in [1.29, 1.82) is 0 Å². The van der Waals surface area contributed by atoms with E-state index in [1.165, 1.54) is 17.4 Å². The molecule has 1 aromatic carbocycles. The molecule has 2 aromatic heterocycles. The highest BCUT2D eigenvalue weighted by Gasteiger charge is 2.20. The number of thiophene rings is 1. The molecule has 90 valence electrons. The Kier molecular flexibility index (Phi) is 2.34. The zero-order valence-electron chi connectivity index (χ0n) is 8.98. The first-order valence-corrected chi connectivity index (χ1v) is 5.93. The predicted octanol–water partition coefficient (Wildman–Crippen LogP) is 1.92. The fourth-order valence-corrected chi connectivity index (χ4v) is 2.63. The van der Waals surface area contributed by atoms with Crippen LogP contribution in [0, 0.1) is 5.82 Å². The second-order valence-electron chi connectivity index (χ2n) is 3.64. The lowest BCUT2D eigenvalue weighted by molar-refractivity contribution is 0.0996. The Hall–Kier alpha value is -2.28. The number of primary amides is 1. The Morgan fingerprint density at radius 3 is 2.94 bits per heavy atom. The van der Waals surface area contributed by atoms with Gasteiger partial charge in [0.2, 0.25) is 0 Å². The van der Waals surface area contributed by atoms with Crippen LogP contribution in [0.3, 0.4) is 0 Å². The van der Waals surface area contributed by atoms with E-state index in [2.05, 4.69) is 15.4 Å². The van der Waals surface area contributed by atoms with Crippen LogP contribution < -0.4 is 5.73 Å². The zero-order valence-corrected chi connectivity index (χ0v) is 9.79. The molecular formula is C11H7FN4OS. The minimum Gasteiger partial charge on any atom is -0.364 e. The fraction of sp³-hybridized carbons (Fsp3) is 0. The first-order valence-electron chi connectivity index (χ1n) is 5.05. The van der Waals surface area contributed by atoms with Gasteiger partial charge in [-0.15, -0.1) is 11.3 Å². The van der Waals surface area contributed by atoms with Crippen LogP contribution in [-0.2, 0) is 0 Å². The van der Waals surface area contributed by atoms with Crippen LogP contribution >= 0.6 is 11.3 Å². The van der Waals surface area contributed by atoms with Crippen LogP contribution in [0.2, 0.25) is 0 Å². The van der Waals surface area contributed by atoms with Gasteiger partial charge in [0.1, 0.15) is 11.5 Å². The molecule has 0 spiro atoms. The topological polar surface area (TPSA) is 84.7 Å². The van der Waals surface area contributed by atoms with Crippen molar-refractivity contribution in [3.05, 3.63) is 35.1 Å². The number of fused-ring (bicyclic) bond motifs is 1. The summed E-state index contributed by atoms with van der Waals surface area (Å²) in [5.74, 6) is -1.21. The first kappa shape index (κ1) is 10.8. The maximum absolute atomic E-state index is 14.0. The summed E-state index contributed by atoms with van der Waals surface area (Å²) in [6.07, 6.45) is 0. The van der Waals surface area contributed by atoms with Crippen molar-refractivity contribution in [3.63, 3.8) is 0 Å². The van der Waals surface area contributed by atoms with Crippen LogP contribution in [0.1, 0.15) is 10.5 Å². The van der Waals surface area contributed by atoms with Crippen molar-refractivity contribution in [1.82, 2.24) is 15.4 Å². The summed E-state index contributed by atoms with van der Waals surface area (Å²) in [5.41, 5.74) is 5.51. The summed E-state index contributed by atoms with van der Waals surface area (Å²) in [6, 6.07) is 4.80. The summed E-state index contributed by atoms with van der Waals surface area (Å²) in [6.45, 7) is 0. The van der Waals surface area contributed by atoms with E-state index in [0.717, 1.165) is 4.70 Å². The molecule has 0 atom stereocenters. The van der Waals surface area contributed by atoms with E-state index in [4.69, 9.17) is 5.73 Å². The van der Waals surface area contributed by atoms with Crippen molar-refractivity contribution in [2.24, 2.45) is 5.73 Å². The molecule has 0 aliphatic rings. The summed E-state index contributed by atoms with van der Waals surface area (Å²) in [5, 5.41) is 12.3. The van der Waals surface area contributed by atoms with Gasteiger partial charge in [0.05, 0.1) is 0 Å². The zero-order chi connectivity index (χ0) is 12.7. The number of carbonyl (C=O) groups is 1. The highest BCUT2D eigenvalue weighted by atomic mass is 32.1. The molecule has 0 fully saturated rings. The molecule has 3 rings (SSSR count). The molecular weight excluding hydrogens is 255 g/mol. The molecule has 0 bridgehead atoms. The molecule has 5 nitrogen and oxygen atoms in total. The Morgan fingerprint density at radius 2 is 2.17 bits per heavy atom. The van der Waals surface area contributed by atoms with Crippen molar-refractivity contribution in [2.75, 3.05) is 0 Å². The van der Waals surface area contributed by atoms with Crippen LogP contribution in [0.25, 0.3) is 21.3 Å². The molecule has 0 unspecified atom stereocenters. The average molecular weight is 262 g/mol. The van der Waals surface area contributed by atoms with Gasteiger partial charge in [-0.05, 0) is 23.6 Å². The summed E-state index contributed by atoms with van der Waals surface area (Å²) in [4.78, 5) is 11.2. The Morgan fingerprint density at radius 1 is 1.33 bits per heavy atom. The maximum atomic E-state index is 14.0. The van der Waals surface area contributed by atoms with Crippen LogP contribution in [-0.4, -0.2) is 21.3 Å². The lowest BCUT2D eigenvalue weighted by Gasteiger charge is -2.02. The SMILES string of the molecule is NC(=O)c1n[nH]nc1-c1c(F)ccc2sccc12. The highest BCUT2D eigenvalue weighted by Crippen LogP contribution is 2.33. The van der Waals surface area contributed by atoms with E-state index in [0.29, 0.717) is 5.39 Å². The molecule has 7 heteroatoms. The van der Waals surface area contributed by atoms with E-state index < -0.39 is 11.7 Å². The van der Waals surface area contributed by atoms with Gasteiger partial charge < -0.3 is 5.73 Å². The maximum Gasteiger partial charge on any atom is 0.271 e. The van der Waals surface area contributed by atoms with E-state index >= 15 is 0 Å². The number of nitrogens with one attached hydrogen (secondary N) is 1. The summed E-state index contributed by atoms with van der Waals surface area (Å²) < 4.78 is 14.9. The normalized spacial score (nSPS) is 10.9. The summed E-state index contributed by atoms with van der Waals surface area (Å²) in [7, 11) is 0. The van der Waals surface area contributed by atoms with Crippen molar-refractivity contribution >= 4 is 27.3 Å². The number of H-pyrrole nitrogens is 1. The number of benzene rings is 1. The molecule has 0 aliphatic heterocycles. The molecule has 0 radical (unpaired) electrons. The second kappa shape index (κ2) is 3.88. The minimum absolute atomic E-state index is 0.0624. The number of rotatable bonds is 2. The predicted molar refractivity (Wildman–Crippen MR) is 65.7 cm³/mol.